The number of esters is 1. The highest BCUT2D eigenvalue weighted by Crippen LogP contribution is 2.29. The molecule has 1 aliphatic heterocycles. The van der Waals surface area contributed by atoms with E-state index in [1.54, 1.807) is 24.3 Å². The first-order chi connectivity index (χ1) is 18.6. The van der Waals surface area contributed by atoms with Gasteiger partial charge in [-0.2, -0.15) is 0 Å². The zero-order chi connectivity index (χ0) is 26.6. The number of nitrogens with zero attached hydrogens (tertiary/aromatic N) is 2. The molecule has 0 radical (unpaired) electrons. The van der Waals surface area contributed by atoms with E-state index in [0.717, 1.165) is 54.2 Å². The molecule has 6 heteroatoms. The Morgan fingerprint density at radius 1 is 0.921 bits per heavy atom. The minimum absolute atomic E-state index is 0.397. The van der Waals surface area contributed by atoms with Gasteiger partial charge in [0.05, 0.1) is 17.9 Å². The molecule has 0 fully saturated rings. The molecule has 0 aliphatic carbocycles. The fraction of sp³-hybridized carbons (Fsp3) is 0.375. The number of hydrogen-bond acceptors (Lipinski definition) is 6. The van der Waals surface area contributed by atoms with Crippen molar-refractivity contribution in [1.29, 1.82) is 0 Å². The molecule has 0 saturated carbocycles. The third kappa shape index (κ3) is 8.18. The van der Waals surface area contributed by atoms with E-state index < -0.39 is 5.97 Å². The smallest absolute Gasteiger partial charge is 0.343 e. The summed E-state index contributed by atoms with van der Waals surface area (Å²) in [6, 6.07) is 20.5. The summed E-state index contributed by atoms with van der Waals surface area (Å²) in [6.45, 7) is 7.61. The summed E-state index contributed by atoms with van der Waals surface area (Å²) in [5, 5.41) is 0. The first-order valence-electron chi connectivity index (χ1n) is 13.7. The summed E-state index contributed by atoms with van der Waals surface area (Å²) in [6.07, 6.45) is 8.90. The zero-order valence-electron chi connectivity index (χ0n) is 22.5. The number of unbranched alkanes of at least 4 members (excludes halogenated alkanes) is 4. The van der Waals surface area contributed by atoms with Crippen LogP contribution in [0.4, 0.5) is 5.69 Å². The highest BCUT2D eigenvalue weighted by molar-refractivity contribution is 5.91. The second kappa shape index (κ2) is 14.3. The molecule has 200 valence electrons. The van der Waals surface area contributed by atoms with Gasteiger partial charge in [0.15, 0.2) is 0 Å². The summed E-state index contributed by atoms with van der Waals surface area (Å²) in [5.74, 6) is 1.79. The molecule has 0 amide bonds. The predicted molar refractivity (Wildman–Crippen MR) is 152 cm³/mol. The maximum absolute atomic E-state index is 12.6. The lowest BCUT2D eigenvalue weighted by molar-refractivity contribution is 0.0734. The number of carbonyl (C=O) groups excluding carboxylic acids is 1. The zero-order valence-corrected chi connectivity index (χ0v) is 22.5. The molecular weight excluding hydrogens is 476 g/mol. The molecule has 0 bridgehead atoms. The fourth-order valence-corrected chi connectivity index (χ4v) is 4.34. The molecule has 1 heterocycles. The van der Waals surface area contributed by atoms with E-state index in [9.17, 15) is 4.79 Å². The summed E-state index contributed by atoms with van der Waals surface area (Å²) in [7, 11) is 0. The van der Waals surface area contributed by atoms with E-state index in [1.807, 2.05) is 42.6 Å². The standard InChI is InChI=1S/C32H38N2O4/c1-3-5-6-7-8-20-36-29-16-11-26(12-17-29)32(35)38-30-14-9-25(10-15-30)22-33-28-13-18-31-27(21-28)23-34(19-4-2)24-37-31/h9-18,21-22H,3-8,19-20,23-24H2,1-2H3. The highest BCUT2D eigenvalue weighted by Gasteiger charge is 2.16. The lowest BCUT2D eigenvalue weighted by atomic mass is 10.1. The second-order valence-corrected chi connectivity index (χ2v) is 9.62. The monoisotopic (exact) mass is 514 g/mol. The fourth-order valence-electron chi connectivity index (χ4n) is 4.34. The Morgan fingerprint density at radius 3 is 2.45 bits per heavy atom. The molecule has 0 saturated heterocycles. The molecule has 1 aliphatic rings. The molecule has 4 rings (SSSR count). The van der Waals surface area contributed by atoms with Gasteiger partial charge in [-0.25, -0.2) is 4.79 Å². The van der Waals surface area contributed by atoms with Crippen molar-refractivity contribution in [3.8, 4) is 17.2 Å². The van der Waals surface area contributed by atoms with Gasteiger partial charge in [-0.1, -0.05) is 39.5 Å². The minimum Gasteiger partial charge on any atom is -0.494 e. The van der Waals surface area contributed by atoms with Crippen LogP contribution in [0.1, 0.15) is 73.9 Å². The topological polar surface area (TPSA) is 60.4 Å². The number of carbonyl (C=O) groups is 1. The Morgan fingerprint density at radius 2 is 1.68 bits per heavy atom. The lowest BCUT2D eigenvalue weighted by Crippen LogP contribution is -2.32. The van der Waals surface area contributed by atoms with Crippen molar-refractivity contribution in [3.63, 3.8) is 0 Å². The largest absolute Gasteiger partial charge is 0.494 e. The summed E-state index contributed by atoms with van der Waals surface area (Å²) in [5.41, 5.74) is 3.44. The molecule has 0 atom stereocenters. The second-order valence-electron chi connectivity index (χ2n) is 9.62. The van der Waals surface area contributed by atoms with Crippen LogP contribution in [0.25, 0.3) is 0 Å². The number of aliphatic imine (C=N–C) groups is 1. The molecular formula is C32H38N2O4. The van der Waals surface area contributed by atoms with Crippen LogP contribution in [-0.4, -0.2) is 37.0 Å². The van der Waals surface area contributed by atoms with Crippen molar-refractivity contribution in [3.05, 3.63) is 83.4 Å². The van der Waals surface area contributed by atoms with Gasteiger partial charge < -0.3 is 14.2 Å². The number of rotatable bonds is 13. The highest BCUT2D eigenvalue weighted by atomic mass is 16.5. The van der Waals surface area contributed by atoms with E-state index in [0.29, 0.717) is 24.7 Å². The van der Waals surface area contributed by atoms with Crippen molar-refractivity contribution >= 4 is 17.9 Å². The van der Waals surface area contributed by atoms with Crippen LogP contribution >= 0.6 is 0 Å². The van der Waals surface area contributed by atoms with Crippen molar-refractivity contribution in [2.75, 3.05) is 19.9 Å². The molecule has 0 unspecified atom stereocenters. The Hall–Kier alpha value is -3.64. The Balaban J connectivity index is 1.26. The van der Waals surface area contributed by atoms with Crippen molar-refractivity contribution in [2.45, 2.75) is 58.9 Å². The molecule has 6 nitrogen and oxygen atoms in total. The van der Waals surface area contributed by atoms with Gasteiger partial charge in [0.25, 0.3) is 0 Å². The van der Waals surface area contributed by atoms with Crippen LogP contribution in [0.15, 0.2) is 71.7 Å². The van der Waals surface area contributed by atoms with Gasteiger partial charge in [0.2, 0.25) is 0 Å². The van der Waals surface area contributed by atoms with Gasteiger partial charge in [-0.3, -0.25) is 9.89 Å². The third-order valence-electron chi connectivity index (χ3n) is 6.44. The van der Waals surface area contributed by atoms with Gasteiger partial charge in [0.1, 0.15) is 24.0 Å². The molecule has 38 heavy (non-hydrogen) atoms. The molecule has 3 aromatic carbocycles. The van der Waals surface area contributed by atoms with Crippen LogP contribution in [0, 0.1) is 0 Å². The van der Waals surface area contributed by atoms with Crippen LogP contribution in [0.2, 0.25) is 0 Å². The first-order valence-corrected chi connectivity index (χ1v) is 13.7. The van der Waals surface area contributed by atoms with Crippen LogP contribution < -0.4 is 14.2 Å². The van der Waals surface area contributed by atoms with E-state index in [4.69, 9.17) is 14.2 Å². The van der Waals surface area contributed by atoms with Crippen molar-refractivity contribution < 1.29 is 19.0 Å². The van der Waals surface area contributed by atoms with E-state index in [-0.39, 0.29) is 0 Å². The Labute approximate surface area is 226 Å². The molecule has 0 spiro atoms. The molecule has 0 N–H and O–H groups in total. The van der Waals surface area contributed by atoms with Gasteiger partial charge in [0, 0.05) is 24.9 Å². The predicted octanol–water partition coefficient (Wildman–Crippen LogP) is 7.57. The Bertz CT molecular complexity index is 1190. The van der Waals surface area contributed by atoms with E-state index >= 15 is 0 Å². The number of ether oxygens (including phenoxy) is 3. The van der Waals surface area contributed by atoms with Gasteiger partial charge >= 0.3 is 5.97 Å². The Kier molecular flexibility index (Phi) is 10.3. The first kappa shape index (κ1) is 27.4. The summed E-state index contributed by atoms with van der Waals surface area (Å²) >= 11 is 0. The van der Waals surface area contributed by atoms with Crippen LogP contribution in [0.5, 0.6) is 17.2 Å². The molecule has 3 aromatic rings. The van der Waals surface area contributed by atoms with E-state index in [2.05, 4.69) is 29.8 Å². The maximum Gasteiger partial charge on any atom is 0.343 e. The minimum atomic E-state index is -0.397. The van der Waals surface area contributed by atoms with Crippen LogP contribution in [0.3, 0.4) is 0 Å². The quantitative estimate of drug-likeness (QED) is 0.102. The SMILES string of the molecule is CCCCCCCOc1ccc(C(=O)Oc2ccc(C=Nc3ccc4c(c3)CN(CCC)CO4)cc2)cc1. The third-order valence-corrected chi connectivity index (χ3v) is 6.44. The maximum atomic E-state index is 12.6. The lowest BCUT2D eigenvalue weighted by Gasteiger charge is -2.28. The van der Waals surface area contributed by atoms with Crippen molar-refractivity contribution in [1.82, 2.24) is 4.90 Å². The van der Waals surface area contributed by atoms with Gasteiger partial charge in [-0.15, -0.1) is 0 Å². The number of fused-ring (bicyclic) bond motifs is 1. The summed E-state index contributed by atoms with van der Waals surface area (Å²) in [4.78, 5) is 19.5. The average Bonchev–Trinajstić information content (AvgIpc) is 2.95. The van der Waals surface area contributed by atoms with Crippen molar-refractivity contribution in [2.24, 2.45) is 4.99 Å². The van der Waals surface area contributed by atoms with E-state index in [1.165, 1.54) is 25.7 Å². The van der Waals surface area contributed by atoms with Crippen LogP contribution in [-0.2, 0) is 6.54 Å². The number of hydrogen-bond donors (Lipinski definition) is 0. The van der Waals surface area contributed by atoms with Gasteiger partial charge in [-0.05, 0) is 85.1 Å². The number of benzene rings is 3. The summed E-state index contributed by atoms with van der Waals surface area (Å²) < 4.78 is 17.2. The molecule has 0 aromatic heterocycles. The normalized spacial score (nSPS) is 13.2. The average molecular weight is 515 g/mol.